The third-order valence-electron chi connectivity index (χ3n) is 3.22. The summed E-state index contributed by atoms with van der Waals surface area (Å²) in [6.07, 6.45) is 1.89. The van der Waals surface area contributed by atoms with E-state index >= 15 is 0 Å². The Labute approximate surface area is 128 Å². The average Bonchev–Trinajstić information content (AvgIpc) is 2.48. The van der Waals surface area contributed by atoms with Gasteiger partial charge in [-0.3, -0.25) is 4.79 Å². The minimum absolute atomic E-state index is 0.168. The maximum absolute atomic E-state index is 11.8. The highest BCUT2D eigenvalue weighted by atomic mass is 16.4. The number of carboxylic acid groups (broad SMARTS) is 1. The number of hydrogen-bond donors (Lipinski definition) is 3. The number of phenols is 1. The maximum atomic E-state index is 11.8. The number of hydrogen-bond acceptors (Lipinski definition) is 3. The van der Waals surface area contributed by atoms with E-state index in [1.807, 2.05) is 30.3 Å². The van der Waals surface area contributed by atoms with Crippen LogP contribution in [0.5, 0.6) is 5.75 Å². The molecule has 0 heterocycles. The third-order valence-corrected chi connectivity index (χ3v) is 3.22. The Morgan fingerprint density at radius 3 is 2.41 bits per heavy atom. The van der Waals surface area contributed by atoms with Crippen molar-refractivity contribution in [3.05, 3.63) is 59.7 Å². The number of carboxylic acids is 1. The van der Waals surface area contributed by atoms with Gasteiger partial charge in [0.05, 0.1) is 0 Å². The second kappa shape index (κ2) is 7.26. The van der Waals surface area contributed by atoms with Crippen molar-refractivity contribution in [1.29, 1.82) is 0 Å². The summed E-state index contributed by atoms with van der Waals surface area (Å²) in [7, 11) is 0. The van der Waals surface area contributed by atoms with E-state index in [0.717, 1.165) is 12.8 Å². The van der Waals surface area contributed by atoms with Crippen LogP contribution in [-0.4, -0.2) is 22.1 Å². The molecule has 5 nitrogen and oxygen atoms in total. The molecule has 0 aromatic heterocycles. The van der Waals surface area contributed by atoms with Crippen LogP contribution in [0.25, 0.3) is 0 Å². The summed E-state index contributed by atoms with van der Waals surface area (Å²) in [5.41, 5.74) is 1.37. The van der Waals surface area contributed by atoms with Gasteiger partial charge in [-0.1, -0.05) is 30.3 Å². The molecule has 2 aromatic carbocycles. The van der Waals surface area contributed by atoms with Crippen LogP contribution in [0.4, 0.5) is 5.69 Å². The fraction of sp³-hybridized carbons (Fsp3) is 0.176. The summed E-state index contributed by atoms with van der Waals surface area (Å²) in [6.45, 7) is 0. The summed E-state index contributed by atoms with van der Waals surface area (Å²) >= 11 is 0. The minimum Gasteiger partial charge on any atom is -0.507 e. The molecule has 0 fully saturated rings. The number of amides is 1. The van der Waals surface area contributed by atoms with Crippen molar-refractivity contribution in [1.82, 2.24) is 0 Å². The van der Waals surface area contributed by atoms with E-state index in [1.54, 1.807) is 0 Å². The Kier molecular flexibility index (Phi) is 5.14. The number of aromatic carboxylic acids is 1. The van der Waals surface area contributed by atoms with E-state index < -0.39 is 5.97 Å². The lowest BCUT2D eigenvalue weighted by atomic mass is 10.1. The van der Waals surface area contributed by atoms with E-state index in [-0.39, 0.29) is 17.2 Å². The number of nitrogens with one attached hydrogen (secondary N) is 1. The number of rotatable bonds is 6. The monoisotopic (exact) mass is 299 g/mol. The molecule has 114 valence electrons. The van der Waals surface area contributed by atoms with Crippen LogP contribution >= 0.6 is 0 Å². The summed E-state index contributed by atoms with van der Waals surface area (Å²) in [5.74, 6) is -1.74. The van der Waals surface area contributed by atoms with Crippen LogP contribution in [-0.2, 0) is 11.2 Å². The van der Waals surface area contributed by atoms with Crippen molar-refractivity contribution in [3.8, 4) is 5.75 Å². The molecule has 0 unspecified atom stereocenters. The van der Waals surface area contributed by atoms with Crippen molar-refractivity contribution < 1.29 is 19.8 Å². The quantitative estimate of drug-likeness (QED) is 0.765. The molecule has 0 bridgehead atoms. The first kappa shape index (κ1) is 15.6. The van der Waals surface area contributed by atoms with Crippen LogP contribution in [0.1, 0.15) is 28.8 Å². The number of benzene rings is 2. The molecule has 2 aromatic rings. The fourth-order valence-electron chi connectivity index (χ4n) is 2.11. The second-order valence-corrected chi connectivity index (χ2v) is 4.92. The molecule has 0 saturated carbocycles. The highest BCUT2D eigenvalue weighted by Gasteiger charge is 2.10. The predicted octanol–water partition coefficient (Wildman–Crippen LogP) is 3.05. The smallest absolute Gasteiger partial charge is 0.339 e. The van der Waals surface area contributed by atoms with Gasteiger partial charge in [0.1, 0.15) is 11.3 Å². The third kappa shape index (κ3) is 4.34. The van der Waals surface area contributed by atoms with Gasteiger partial charge >= 0.3 is 5.97 Å². The van der Waals surface area contributed by atoms with Gasteiger partial charge in [0, 0.05) is 18.2 Å². The topological polar surface area (TPSA) is 86.6 Å². The SMILES string of the molecule is O=C(CCCc1ccccc1)Nc1ccc(C(=O)O)c(O)c1. The van der Waals surface area contributed by atoms with Gasteiger partial charge in [0.15, 0.2) is 0 Å². The molecule has 5 heteroatoms. The van der Waals surface area contributed by atoms with Crippen molar-refractivity contribution in [3.63, 3.8) is 0 Å². The Hall–Kier alpha value is -2.82. The minimum atomic E-state index is -1.21. The molecule has 2 rings (SSSR count). The fourth-order valence-corrected chi connectivity index (χ4v) is 2.11. The maximum Gasteiger partial charge on any atom is 0.339 e. The van der Waals surface area contributed by atoms with Gasteiger partial charge in [-0.05, 0) is 30.5 Å². The molecule has 22 heavy (non-hydrogen) atoms. The lowest BCUT2D eigenvalue weighted by Crippen LogP contribution is -2.11. The van der Waals surface area contributed by atoms with Crippen LogP contribution < -0.4 is 5.32 Å². The van der Waals surface area contributed by atoms with Crippen LogP contribution in [0.15, 0.2) is 48.5 Å². The lowest BCUT2D eigenvalue weighted by molar-refractivity contribution is -0.116. The Bertz CT molecular complexity index is 668. The summed E-state index contributed by atoms with van der Waals surface area (Å²) in [4.78, 5) is 22.6. The van der Waals surface area contributed by atoms with E-state index in [2.05, 4.69) is 5.32 Å². The van der Waals surface area contributed by atoms with Gasteiger partial charge in [-0.15, -0.1) is 0 Å². The number of aryl methyl sites for hydroxylation is 1. The number of aromatic hydroxyl groups is 1. The Morgan fingerprint density at radius 1 is 1.05 bits per heavy atom. The molecule has 0 radical (unpaired) electrons. The summed E-state index contributed by atoms with van der Waals surface area (Å²) in [6, 6.07) is 13.9. The molecule has 0 aliphatic heterocycles. The van der Waals surface area contributed by atoms with Crippen molar-refractivity contribution in [2.24, 2.45) is 0 Å². The summed E-state index contributed by atoms with van der Waals surface area (Å²) in [5, 5.41) is 21.0. The first-order chi connectivity index (χ1) is 10.6. The molecule has 1 amide bonds. The number of anilines is 1. The van der Waals surface area contributed by atoms with Crippen LogP contribution in [0, 0.1) is 0 Å². The van der Waals surface area contributed by atoms with Crippen LogP contribution in [0.3, 0.4) is 0 Å². The number of carbonyl (C=O) groups is 2. The molecule has 0 atom stereocenters. The zero-order valence-electron chi connectivity index (χ0n) is 12.0. The van der Waals surface area contributed by atoms with E-state index in [4.69, 9.17) is 5.11 Å². The van der Waals surface area contributed by atoms with Gasteiger partial charge in [0.2, 0.25) is 5.91 Å². The average molecular weight is 299 g/mol. The molecular weight excluding hydrogens is 282 g/mol. The van der Waals surface area contributed by atoms with Crippen LogP contribution in [0.2, 0.25) is 0 Å². The second-order valence-electron chi connectivity index (χ2n) is 4.92. The molecule has 0 aliphatic carbocycles. The van der Waals surface area contributed by atoms with Gasteiger partial charge in [-0.25, -0.2) is 4.79 Å². The van der Waals surface area contributed by atoms with E-state index in [1.165, 1.54) is 23.8 Å². The molecule has 0 saturated heterocycles. The molecular formula is C17H17NO4. The Morgan fingerprint density at radius 2 is 1.77 bits per heavy atom. The van der Waals surface area contributed by atoms with Gasteiger partial charge < -0.3 is 15.5 Å². The van der Waals surface area contributed by atoms with Gasteiger partial charge in [-0.2, -0.15) is 0 Å². The van der Waals surface area contributed by atoms with Crippen molar-refractivity contribution in [2.45, 2.75) is 19.3 Å². The highest BCUT2D eigenvalue weighted by Crippen LogP contribution is 2.22. The van der Waals surface area contributed by atoms with E-state index in [0.29, 0.717) is 12.1 Å². The zero-order chi connectivity index (χ0) is 15.9. The van der Waals surface area contributed by atoms with Crippen molar-refractivity contribution in [2.75, 3.05) is 5.32 Å². The zero-order valence-corrected chi connectivity index (χ0v) is 12.0. The standard InChI is InChI=1S/C17H17NO4/c19-15-11-13(9-10-14(15)17(21)22)18-16(20)8-4-7-12-5-2-1-3-6-12/h1-3,5-6,9-11,19H,4,7-8H2,(H,18,20)(H,21,22). The molecule has 0 spiro atoms. The first-order valence-corrected chi connectivity index (χ1v) is 6.96. The molecule has 3 N–H and O–H groups in total. The van der Waals surface area contributed by atoms with Gasteiger partial charge in [0.25, 0.3) is 0 Å². The number of carbonyl (C=O) groups excluding carboxylic acids is 1. The highest BCUT2D eigenvalue weighted by molar-refractivity contribution is 5.94. The lowest BCUT2D eigenvalue weighted by Gasteiger charge is -2.07. The summed E-state index contributed by atoms with van der Waals surface area (Å²) < 4.78 is 0. The van der Waals surface area contributed by atoms with Crippen molar-refractivity contribution >= 4 is 17.6 Å². The van der Waals surface area contributed by atoms with E-state index in [9.17, 15) is 14.7 Å². The molecule has 0 aliphatic rings. The predicted molar refractivity (Wildman–Crippen MR) is 83.1 cm³/mol. The normalized spacial score (nSPS) is 10.2. The first-order valence-electron chi connectivity index (χ1n) is 6.96. The Balaban J connectivity index is 1.84. The largest absolute Gasteiger partial charge is 0.507 e.